The van der Waals surface area contributed by atoms with Crippen LogP contribution in [-0.2, 0) is 40.1 Å². The fourth-order valence-electron chi connectivity index (χ4n) is 3.95. The minimum Gasteiger partial charge on any atom is -0.466 e. The van der Waals surface area contributed by atoms with Gasteiger partial charge < -0.3 is 9.64 Å². The summed E-state index contributed by atoms with van der Waals surface area (Å²) in [6.45, 7) is 14.3. The van der Waals surface area contributed by atoms with Crippen molar-refractivity contribution >= 4 is 11.9 Å². The van der Waals surface area contributed by atoms with Gasteiger partial charge in [-0.1, -0.05) is 20.8 Å². The molecule has 0 saturated heterocycles. The predicted molar refractivity (Wildman–Crippen MR) is 99.6 cm³/mol. The maximum Gasteiger partial charge on any atom is 0.310 e. The first-order valence-corrected chi connectivity index (χ1v) is 9.36. The van der Waals surface area contributed by atoms with E-state index in [2.05, 4.69) is 34.6 Å². The van der Waals surface area contributed by atoms with Gasteiger partial charge in [0.2, 0.25) is 5.91 Å². The quantitative estimate of drug-likeness (QED) is 0.741. The summed E-state index contributed by atoms with van der Waals surface area (Å²) in [5, 5.41) is 0. The van der Waals surface area contributed by atoms with Gasteiger partial charge in [-0.05, 0) is 66.5 Å². The molecule has 0 saturated carbocycles. The van der Waals surface area contributed by atoms with Gasteiger partial charge in [0.25, 0.3) is 0 Å². The summed E-state index contributed by atoms with van der Waals surface area (Å²) in [7, 11) is 0. The monoisotopic (exact) mass is 345 g/mol. The van der Waals surface area contributed by atoms with Crippen LogP contribution in [0.1, 0.15) is 61.1 Å². The van der Waals surface area contributed by atoms with Crippen LogP contribution in [0.15, 0.2) is 0 Å². The van der Waals surface area contributed by atoms with Crippen molar-refractivity contribution in [3.05, 3.63) is 33.4 Å². The molecule has 0 fully saturated rings. The molecule has 0 unspecified atom stereocenters. The van der Waals surface area contributed by atoms with Crippen LogP contribution in [0.25, 0.3) is 0 Å². The highest BCUT2D eigenvalue weighted by atomic mass is 16.5. The Labute approximate surface area is 151 Å². The Morgan fingerprint density at radius 1 is 1.12 bits per heavy atom. The molecule has 1 heterocycles. The number of carbonyl (C=O) groups excluding carboxylic acids is 2. The Hall–Kier alpha value is -1.84. The Morgan fingerprint density at radius 2 is 1.76 bits per heavy atom. The number of nitrogens with zero attached hydrogens (tertiary/aromatic N) is 1. The van der Waals surface area contributed by atoms with E-state index in [0.717, 1.165) is 29.7 Å². The largest absolute Gasteiger partial charge is 0.466 e. The summed E-state index contributed by atoms with van der Waals surface area (Å²) in [6, 6.07) is 0. The van der Waals surface area contributed by atoms with Crippen molar-refractivity contribution in [2.75, 3.05) is 13.2 Å². The number of carbonyl (C=O) groups is 2. The van der Waals surface area contributed by atoms with Gasteiger partial charge in [0.05, 0.1) is 19.4 Å². The zero-order valence-electron chi connectivity index (χ0n) is 16.5. The van der Waals surface area contributed by atoms with E-state index < -0.39 is 0 Å². The third-order valence-corrected chi connectivity index (χ3v) is 5.13. The van der Waals surface area contributed by atoms with E-state index in [9.17, 15) is 9.59 Å². The predicted octanol–water partition coefficient (Wildman–Crippen LogP) is 3.51. The fraction of sp³-hybridized carbons (Fsp3) is 0.619. The third kappa shape index (κ3) is 4.05. The number of fused-ring (bicyclic) bond motifs is 1. The molecule has 1 aliphatic rings. The minimum absolute atomic E-state index is 0.190. The average molecular weight is 345 g/mol. The third-order valence-electron chi connectivity index (χ3n) is 5.13. The molecule has 0 N–H and O–H groups in total. The normalized spacial score (nSPS) is 14.0. The topological polar surface area (TPSA) is 46.6 Å². The molecule has 138 valence electrons. The fourth-order valence-corrected chi connectivity index (χ4v) is 3.95. The molecule has 0 radical (unpaired) electrons. The second-order valence-corrected chi connectivity index (χ2v) is 7.34. The molecule has 1 aliphatic heterocycles. The van der Waals surface area contributed by atoms with Crippen LogP contribution < -0.4 is 0 Å². The molecule has 2 rings (SSSR count). The van der Waals surface area contributed by atoms with Gasteiger partial charge >= 0.3 is 5.97 Å². The summed E-state index contributed by atoms with van der Waals surface area (Å²) in [5.41, 5.74) is 7.04. The lowest BCUT2D eigenvalue weighted by Crippen LogP contribution is -2.39. The van der Waals surface area contributed by atoms with Crippen LogP contribution in [-0.4, -0.2) is 29.9 Å². The van der Waals surface area contributed by atoms with E-state index in [-0.39, 0.29) is 11.9 Å². The number of rotatable bonds is 6. The van der Waals surface area contributed by atoms with Crippen molar-refractivity contribution in [1.82, 2.24) is 4.90 Å². The van der Waals surface area contributed by atoms with Crippen molar-refractivity contribution < 1.29 is 14.3 Å². The van der Waals surface area contributed by atoms with Crippen LogP contribution in [0.3, 0.4) is 0 Å². The van der Waals surface area contributed by atoms with Crippen molar-refractivity contribution in [2.45, 2.75) is 67.3 Å². The summed E-state index contributed by atoms with van der Waals surface area (Å²) in [4.78, 5) is 26.6. The van der Waals surface area contributed by atoms with Gasteiger partial charge in [-0.15, -0.1) is 0 Å². The number of amides is 1. The highest BCUT2D eigenvalue weighted by Gasteiger charge is 2.29. The van der Waals surface area contributed by atoms with Crippen LogP contribution in [0.2, 0.25) is 0 Å². The smallest absolute Gasteiger partial charge is 0.310 e. The Bertz CT molecular complexity index is 676. The number of hydrogen-bond donors (Lipinski definition) is 0. The SMILES string of the molecule is CCOC(=O)Cc1c(C)c2c(c(C)c1CC)CN(CC(C)C)C(=O)C2. The van der Waals surface area contributed by atoms with E-state index >= 15 is 0 Å². The van der Waals surface area contributed by atoms with E-state index in [1.54, 1.807) is 0 Å². The van der Waals surface area contributed by atoms with E-state index in [1.807, 2.05) is 11.8 Å². The van der Waals surface area contributed by atoms with Crippen molar-refractivity contribution in [2.24, 2.45) is 5.92 Å². The summed E-state index contributed by atoms with van der Waals surface area (Å²) in [5.74, 6) is 0.457. The van der Waals surface area contributed by atoms with Crippen LogP contribution in [0.4, 0.5) is 0 Å². The highest BCUT2D eigenvalue weighted by Crippen LogP contribution is 2.33. The Balaban J connectivity index is 2.48. The number of ether oxygens (including phenoxy) is 1. The number of benzene rings is 1. The molecular weight excluding hydrogens is 314 g/mol. The molecule has 4 heteroatoms. The lowest BCUT2D eigenvalue weighted by atomic mass is 9.82. The van der Waals surface area contributed by atoms with Gasteiger partial charge in [-0.25, -0.2) is 0 Å². The molecule has 1 amide bonds. The van der Waals surface area contributed by atoms with Gasteiger partial charge in [-0.3, -0.25) is 9.59 Å². The molecule has 0 bridgehead atoms. The van der Waals surface area contributed by atoms with Crippen molar-refractivity contribution in [3.8, 4) is 0 Å². The molecule has 1 aromatic rings. The van der Waals surface area contributed by atoms with Gasteiger partial charge in [0, 0.05) is 13.1 Å². The second kappa shape index (κ2) is 8.03. The van der Waals surface area contributed by atoms with Gasteiger partial charge in [0.15, 0.2) is 0 Å². The summed E-state index contributed by atoms with van der Waals surface area (Å²) < 4.78 is 5.15. The molecular formula is C21H31NO3. The highest BCUT2D eigenvalue weighted by molar-refractivity contribution is 5.83. The van der Waals surface area contributed by atoms with E-state index in [0.29, 0.717) is 31.9 Å². The first-order chi connectivity index (χ1) is 11.8. The minimum atomic E-state index is -0.191. The lowest BCUT2D eigenvalue weighted by Gasteiger charge is -2.34. The van der Waals surface area contributed by atoms with Crippen LogP contribution >= 0.6 is 0 Å². The second-order valence-electron chi connectivity index (χ2n) is 7.34. The molecule has 0 aliphatic carbocycles. The summed E-state index contributed by atoms with van der Waals surface area (Å²) >= 11 is 0. The number of hydrogen-bond acceptors (Lipinski definition) is 3. The van der Waals surface area contributed by atoms with Gasteiger partial charge in [0.1, 0.15) is 0 Å². The Morgan fingerprint density at radius 3 is 2.32 bits per heavy atom. The van der Waals surface area contributed by atoms with E-state index in [1.165, 1.54) is 16.7 Å². The first kappa shape index (κ1) is 19.5. The zero-order valence-corrected chi connectivity index (χ0v) is 16.5. The summed E-state index contributed by atoms with van der Waals surface area (Å²) in [6.07, 6.45) is 1.61. The van der Waals surface area contributed by atoms with Crippen LogP contribution in [0, 0.1) is 19.8 Å². The molecule has 0 aromatic heterocycles. The number of esters is 1. The molecule has 0 atom stereocenters. The molecule has 1 aromatic carbocycles. The van der Waals surface area contributed by atoms with Crippen molar-refractivity contribution in [1.29, 1.82) is 0 Å². The Kier molecular flexibility index (Phi) is 6.26. The van der Waals surface area contributed by atoms with Crippen LogP contribution in [0.5, 0.6) is 0 Å². The molecule has 25 heavy (non-hydrogen) atoms. The maximum atomic E-state index is 12.6. The van der Waals surface area contributed by atoms with Gasteiger partial charge in [-0.2, -0.15) is 0 Å². The standard InChI is InChI=1S/C21H31NO3/c1-7-16-14(5)19-12-22(11-13(3)4)20(23)9-17(19)15(6)18(16)10-21(24)25-8-2/h13H,7-12H2,1-6H3. The van der Waals surface area contributed by atoms with Crippen molar-refractivity contribution in [3.63, 3.8) is 0 Å². The maximum absolute atomic E-state index is 12.6. The zero-order chi connectivity index (χ0) is 18.7. The lowest BCUT2D eigenvalue weighted by molar-refractivity contribution is -0.142. The molecule has 4 nitrogen and oxygen atoms in total. The first-order valence-electron chi connectivity index (χ1n) is 9.36. The van der Waals surface area contributed by atoms with E-state index in [4.69, 9.17) is 4.74 Å². The average Bonchev–Trinajstić information content (AvgIpc) is 2.54. The molecule has 0 spiro atoms.